The van der Waals surface area contributed by atoms with Crippen molar-refractivity contribution in [3.63, 3.8) is 0 Å². The summed E-state index contributed by atoms with van der Waals surface area (Å²) in [6.07, 6.45) is 5.08. The summed E-state index contributed by atoms with van der Waals surface area (Å²) in [5.74, 6) is 2.35. The second kappa shape index (κ2) is 6.42. The van der Waals surface area contributed by atoms with Crippen molar-refractivity contribution >= 4 is 17.5 Å². The highest BCUT2D eigenvalue weighted by atomic mass is 16.3. The Hall–Kier alpha value is -3.10. The molecule has 0 aromatic carbocycles. The number of rotatable bonds is 3. The molecule has 4 heterocycles. The van der Waals surface area contributed by atoms with Gasteiger partial charge in [-0.1, -0.05) is 0 Å². The number of carbonyl (C=O) groups is 1. The molecule has 9 heteroatoms. The summed E-state index contributed by atoms with van der Waals surface area (Å²) < 4.78 is 7.03. The Labute approximate surface area is 144 Å². The molecule has 1 aliphatic heterocycles. The maximum absolute atomic E-state index is 12.3. The molecule has 1 fully saturated rings. The largest absolute Gasteiger partial charge is 0.467 e. The molecular weight excluding hydrogens is 322 g/mol. The maximum Gasteiger partial charge on any atom is 0.317 e. The zero-order valence-corrected chi connectivity index (χ0v) is 13.9. The first-order chi connectivity index (χ1) is 12.2. The van der Waals surface area contributed by atoms with Gasteiger partial charge in [0.25, 0.3) is 0 Å². The van der Waals surface area contributed by atoms with Gasteiger partial charge in [0.15, 0.2) is 11.5 Å². The fourth-order valence-corrected chi connectivity index (χ4v) is 2.95. The first-order valence-corrected chi connectivity index (χ1v) is 8.18. The van der Waals surface area contributed by atoms with E-state index < -0.39 is 0 Å². The molecule has 1 aliphatic rings. The number of aryl methyl sites for hydroxylation is 1. The normalized spacial score (nSPS) is 14.9. The molecule has 1 N–H and O–H groups in total. The maximum atomic E-state index is 12.3. The van der Waals surface area contributed by atoms with E-state index in [2.05, 4.69) is 25.3 Å². The van der Waals surface area contributed by atoms with Crippen LogP contribution in [-0.2, 0) is 6.54 Å². The zero-order chi connectivity index (χ0) is 17.2. The molecule has 0 bridgehead atoms. The lowest BCUT2D eigenvalue weighted by atomic mass is 10.3. The van der Waals surface area contributed by atoms with Crippen LogP contribution in [0.1, 0.15) is 11.6 Å². The predicted molar refractivity (Wildman–Crippen MR) is 90.2 cm³/mol. The van der Waals surface area contributed by atoms with Gasteiger partial charge >= 0.3 is 6.03 Å². The standard InChI is InChI=1S/C16H19N7O2/c1-12-19-14-10-17-11-15(23(14)20-12)21-4-6-22(7-5-21)16(24)18-9-13-3-2-8-25-13/h2-3,8,10-11H,4-7,9H2,1H3,(H,18,24). The van der Waals surface area contributed by atoms with Gasteiger partial charge in [0.05, 0.1) is 25.2 Å². The Morgan fingerprint density at radius 2 is 2.12 bits per heavy atom. The molecule has 9 nitrogen and oxygen atoms in total. The minimum atomic E-state index is -0.0796. The molecule has 0 spiro atoms. The van der Waals surface area contributed by atoms with E-state index >= 15 is 0 Å². The van der Waals surface area contributed by atoms with E-state index in [4.69, 9.17) is 4.42 Å². The van der Waals surface area contributed by atoms with E-state index in [0.29, 0.717) is 38.5 Å². The zero-order valence-electron chi connectivity index (χ0n) is 13.9. The molecular formula is C16H19N7O2. The molecule has 4 rings (SSSR count). The van der Waals surface area contributed by atoms with Crippen molar-refractivity contribution in [2.24, 2.45) is 0 Å². The number of carbonyl (C=O) groups excluding carboxylic acids is 1. The van der Waals surface area contributed by atoms with Gasteiger partial charge in [0.2, 0.25) is 0 Å². The van der Waals surface area contributed by atoms with Crippen LogP contribution in [0.15, 0.2) is 35.2 Å². The topological polar surface area (TPSA) is 91.8 Å². The smallest absolute Gasteiger partial charge is 0.317 e. The summed E-state index contributed by atoms with van der Waals surface area (Å²) >= 11 is 0. The fraction of sp³-hybridized carbons (Fsp3) is 0.375. The number of anilines is 1. The van der Waals surface area contributed by atoms with Gasteiger partial charge in [0, 0.05) is 26.2 Å². The highest BCUT2D eigenvalue weighted by Gasteiger charge is 2.23. The molecule has 0 atom stereocenters. The monoisotopic (exact) mass is 341 g/mol. The Kier molecular flexibility index (Phi) is 3.96. The van der Waals surface area contributed by atoms with Crippen LogP contribution >= 0.6 is 0 Å². The SMILES string of the molecule is Cc1nc2cncc(N3CCN(C(=O)NCc4ccco4)CC3)n2n1. The average Bonchev–Trinajstić information content (AvgIpc) is 3.27. The molecule has 3 aromatic heterocycles. The third kappa shape index (κ3) is 3.12. The van der Waals surface area contributed by atoms with Crippen molar-refractivity contribution in [1.82, 2.24) is 29.8 Å². The van der Waals surface area contributed by atoms with Gasteiger partial charge in [-0.25, -0.2) is 9.78 Å². The van der Waals surface area contributed by atoms with E-state index in [-0.39, 0.29) is 6.03 Å². The summed E-state index contributed by atoms with van der Waals surface area (Å²) in [6.45, 7) is 4.95. The number of hydrogen-bond acceptors (Lipinski definition) is 6. The van der Waals surface area contributed by atoms with E-state index in [1.165, 1.54) is 0 Å². The van der Waals surface area contributed by atoms with Gasteiger partial charge < -0.3 is 19.5 Å². The lowest BCUT2D eigenvalue weighted by Crippen LogP contribution is -2.52. The molecule has 2 amide bonds. The van der Waals surface area contributed by atoms with Gasteiger partial charge in [-0.2, -0.15) is 4.52 Å². The van der Waals surface area contributed by atoms with E-state index in [1.807, 2.05) is 13.0 Å². The number of nitrogens with zero attached hydrogens (tertiary/aromatic N) is 6. The summed E-state index contributed by atoms with van der Waals surface area (Å²) in [6, 6.07) is 3.57. The lowest BCUT2D eigenvalue weighted by Gasteiger charge is -2.35. The summed E-state index contributed by atoms with van der Waals surface area (Å²) in [5.41, 5.74) is 0.730. The van der Waals surface area contributed by atoms with Crippen molar-refractivity contribution in [3.05, 3.63) is 42.4 Å². The molecule has 130 valence electrons. The number of furan rings is 1. The van der Waals surface area contributed by atoms with E-state index in [1.54, 1.807) is 34.1 Å². The molecule has 0 radical (unpaired) electrons. The number of nitrogens with one attached hydrogen (secondary N) is 1. The highest BCUT2D eigenvalue weighted by Crippen LogP contribution is 2.16. The number of urea groups is 1. The number of hydrogen-bond donors (Lipinski definition) is 1. The second-order valence-electron chi connectivity index (χ2n) is 5.91. The molecule has 3 aromatic rings. The van der Waals surface area contributed by atoms with Crippen LogP contribution in [-0.4, -0.2) is 56.7 Å². The molecule has 0 saturated carbocycles. The average molecular weight is 341 g/mol. The number of fused-ring (bicyclic) bond motifs is 1. The van der Waals surface area contributed by atoms with Gasteiger partial charge in [-0.15, -0.1) is 5.10 Å². The first-order valence-electron chi connectivity index (χ1n) is 8.18. The highest BCUT2D eigenvalue weighted by molar-refractivity contribution is 5.74. The quantitative estimate of drug-likeness (QED) is 0.766. The van der Waals surface area contributed by atoms with Crippen molar-refractivity contribution in [3.8, 4) is 0 Å². The van der Waals surface area contributed by atoms with Crippen LogP contribution in [0.5, 0.6) is 0 Å². The minimum absolute atomic E-state index is 0.0796. The van der Waals surface area contributed by atoms with Crippen LogP contribution < -0.4 is 10.2 Å². The van der Waals surface area contributed by atoms with Crippen LogP contribution in [0.25, 0.3) is 5.65 Å². The Bertz CT molecular complexity index is 866. The van der Waals surface area contributed by atoms with Gasteiger partial charge in [-0.3, -0.25) is 4.98 Å². The van der Waals surface area contributed by atoms with Crippen molar-refractivity contribution < 1.29 is 9.21 Å². The van der Waals surface area contributed by atoms with Gasteiger partial charge in [0.1, 0.15) is 11.6 Å². The molecule has 0 aliphatic carbocycles. The fourth-order valence-electron chi connectivity index (χ4n) is 2.95. The predicted octanol–water partition coefficient (Wildman–Crippen LogP) is 1.06. The van der Waals surface area contributed by atoms with Crippen LogP contribution in [0.2, 0.25) is 0 Å². The number of piperazine rings is 1. The van der Waals surface area contributed by atoms with Crippen molar-refractivity contribution in [2.75, 3.05) is 31.1 Å². The third-order valence-corrected chi connectivity index (χ3v) is 4.22. The van der Waals surface area contributed by atoms with E-state index in [0.717, 1.165) is 17.2 Å². The number of aromatic nitrogens is 4. The second-order valence-corrected chi connectivity index (χ2v) is 5.91. The Balaban J connectivity index is 1.38. The molecule has 1 saturated heterocycles. The summed E-state index contributed by atoms with van der Waals surface area (Å²) in [7, 11) is 0. The number of amides is 2. The third-order valence-electron chi connectivity index (χ3n) is 4.22. The van der Waals surface area contributed by atoms with Crippen LogP contribution in [0, 0.1) is 6.92 Å². The molecule has 0 unspecified atom stereocenters. The lowest BCUT2D eigenvalue weighted by molar-refractivity contribution is 0.193. The minimum Gasteiger partial charge on any atom is -0.467 e. The summed E-state index contributed by atoms with van der Waals surface area (Å²) in [5, 5.41) is 7.30. The summed E-state index contributed by atoms with van der Waals surface area (Å²) in [4.78, 5) is 24.8. The molecule has 25 heavy (non-hydrogen) atoms. The van der Waals surface area contributed by atoms with Gasteiger partial charge in [-0.05, 0) is 19.1 Å². The Morgan fingerprint density at radius 1 is 1.28 bits per heavy atom. The van der Waals surface area contributed by atoms with Crippen molar-refractivity contribution in [1.29, 1.82) is 0 Å². The van der Waals surface area contributed by atoms with E-state index in [9.17, 15) is 4.79 Å². The first kappa shape index (κ1) is 15.4. The van der Waals surface area contributed by atoms with Crippen molar-refractivity contribution in [2.45, 2.75) is 13.5 Å². The van der Waals surface area contributed by atoms with Crippen LogP contribution in [0.4, 0.5) is 10.6 Å². The Morgan fingerprint density at radius 3 is 2.88 bits per heavy atom. The van der Waals surface area contributed by atoms with Crippen LogP contribution in [0.3, 0.4) is 0 Å².